The van der Waals surface area contributed by atoms with E-state index in [4.69, 9.17) is 0 Å². The topological polar surface area (TPSA) is 103 Å². The molecule has 0 atom stereocenters. The van der Waals surface area contributed by atoms with Crippen molar-refractivity contribution in [3.8, 4) is 0 Å². The van der Waals surface area contributed by atoms with Crippen LogP contribution < -0.4 is 5.32 Å². The molecule has 0 bridgehead atoms. The Balaban J connectivity index is 1.96. The van der Waals surface area contributed by atoms with Crippen LogP contribution in [0, 0.1) is 10.1 Å². The fourth-order valence-electron chi connectivity index (χ4n) is 2.45. The third-order valence-electron chi connectivity index (χ3n) is 3.85. The number of hydrogen-bond donors (Lipinski definition) is 1. The fourth-order valence-corrected chi connectivity index (χ4v) is 3.38. The Bertz CT molecular complexity index is 844. The Morgan fingerprint density at radius 2 is 2.28 bits per heavy atom. The summed E-state index contributed by atoms with van der Waals surface area (Å²) in [6, 6.07) is 4.40. The van der Waals surface area contributed by atoms with Gasteiger partial charge in [-0.2, -0.15) is 0 Å². The number of nitrogens with one attached hydrogen (secondary N) is 1. The minimum Gasteiger partial charge on any atom is -0.355 e. The Labute approximate surface area is 148 Å². The maximum atomic E-state index is 11.7. The van der Waals surface area contributed by atoms with Gasteiger partial charge in [0.2, 0.25) is 0 Å². The van der Waals surface area contributed by atoms with Gasteiger partial charge in [-0.05, 0) is 36.7 Å². The molecule has 1 aromatic carbocycles. The summed E-state index contributed by atoms with van der Waals surface area (Å²) in [6.07, 6.45) is 3.92. The number of allylic oxidation sites excluding steroid dienone is 1. The van der Waals surface area contributed by atoms with Gasteiger partial charge in [0.15, 0.2) is 5.16 Å². The number of benzene rings is 1. The van der Waals surface area contributed by atoms with E-state index in [1.807, 2.05) is 4.57 Å². The lowest BCUT2D eigenvalue weighted by atomic mass is 10.2. The van der Waals surface area contributed by atoms with Gasteiger partial charge in [0.1, 0.15) is 5.82 Å². The molecule has 1 heterocycles. The van der Waals surface area contributed by atoms with Crippen molar-refractivity contribution in [3.63, 3.8) is 0 Å². The number of rotatable bonds is 7. The summed E-state index contributed by atoms with van der Waals surface area (Å²) in [7, 11) is 1.48. The first-order valence-corrected chi connectivity index (χ1v) is 8.59. The van der Waals surface area contributed by atoms with Gasteiger partial charge in [-0.1, -0.05) is 6.08 Å². The molecule has 1 aliphatic carbocycles. The number of amides is 1. The van der Waals surface area contributed by atoms with Gasteiger partial charge in [0.05, 0.1) is 9.82 Å². The highest BCUT2D eigenvalue weighted by atomic mass is 32.2. The smallest absolute Gasteiger partial charge is 0.284 e. The van der Waals surface area contributed by atoms with Gasteiger partial charge in [0.25, 0.3) is 11.6 Å². The Hall–Kier alpha value is -2.68. The normalized spacial score (nSPS) is 13.5. The van der Waals surface area contributed by atoms with Crippen molar-refractivity contribution < 1.29 is 9.72 Å². The van der Waals surface area contributed by atoms with Crippen LogP contribution in [0.25, 0.3) is 0 Å². The monoisotopic (exact) mass is 359 g/mol. The second-order valence-corrected chi connectivity index (χ2v) is 6.64. The van der Waals surface area contributed by atoms with E-state index in [1.165, 1.54) is 24.9 Å². The molecule has 0 saturated heterocycles. The maximum Gasteiger partial charge on any atom is 0.284 e. The molecule has 3 rings (SSSR count). The summed E-state index contributed by atoms with van der Waals surface area (Å²) in [4.78, 5) is 23.0. The number of carbonyl (C=O) groups excluding carboxylic acids is 1. The molecule has 0 radical (unpaired) electrons. The summed E-state index contributed by atoms with van der Waals surface area (Å²) in [5.41, 5.74) is 0.108. The first-order valence-electron chi connectivity index (χ1n) is 7.77. The molecular formula is C16H17N5O3S. The van der Waals surface area contributed by atoms with E-state index in [-0.39, 0.29) is 17.2 Å². The lowest BCUT2D eigenvalue weighted by Crippen LogP contribution is -2.17. The second-order valence-electron chi connectivity index (χ2n) is 5.64. The van der Waals surface area contributed by atoms with E-state index in [0.29, 0.717) is 22.5 Å². The SMILES string of the molecule is C=CCn1c(Sc2ccc(C(=O)NC)cc2[N+](=O)[O-])nnc1C1CC1. The zero-order chi connectivity index (χ0) is 18.0. The molecule has 0 spiro atoms. The van der Waals surface area contributed by atoms with Crippen LogP contribution in [0.4, 0.5) is 5.69 Å². The number of aromatic nitrogens is 3. The van der Waals surface area contributed by atoms with Crippen molar-refractivity contribution in [2.24, 2.45) is 0 Å². The highest BCUT2D eigenvalue weighted by Crippen LogP contribution is 2.41. The number of hydrogen-bond acceptors (Lipinski definition) is 6. The Morgan fingerprint density at radius 1 is 1.52 bits per heavy atom. The lowest BCUT2D eigenvalue weighted by molar-refractivity contribution is -0.387. The van der Waals surface area contributed by atoms with Crippen LogP contribution in [0.1, 0.15) is 34.9 Å². The number of nitro groups is 1. The van der Waals surface area contributed by atoms with Gasteiger partial charge in [-0.3, -0.25) is 14.9 Å². The van der Waals surface area contributed by atoms with Crippen molar-refractivity contribution in [1.29, 1.82) is 0 Å². The molecule has 1 aliphatic rings. The second kappa shape index (κ2) is 7.06. The number of nitrogens with zero attached hydrogens (tertiary/aromatic N) is 4. The third-order valence-corrected chi connectivity index (χ3v) is 4.90. The average Bonchev–Trinajstić information content (AvgIpc) is 3.38. The summed E-state index contributed by atoms with van der Waals surface area (Å²) < 4.78 is 1.94. The molecule has 25 heavy (non-hydrogen) atoms. The van der Waals surface area contributed by atoms with Crippen molar-refractivity contribution in [2.75, 3.05) is 7.05 Å². The first kappa shape index (κ1) is 17.2. The van der Waals surface area contributed by atoms with Crippen LogP contribution >= 0.6 is 11.8 Å². The Kier molecular flexibility index (Phi) is 4.84. The summed E-state index contributed by atoms with van der Waals surface area (Å²) in [6.45, 7) is 4.30. The van der Waals surface area contributed by atoms with E-state index in [2.05, 4.69) is 22.1 Å². The van der Waals surface area contributed by atoms with E-state index in [1.54, 1.807) is 18.2 Å². The molecule has 1 saturated carbocycles. The van der Waals surface area contributed by atoms with Crippen LogP contribution in [0.2, 0.25) is 0 Å². The van der Waals surface area contributed by atoms with Gasteiger partial charge in [0, 0.05) is 31.1 Å². The van der Waals surface area contributed by atoms with Crippen LogP contribution in [0.3, 0.4) is 0 Å². The summed E-state index contributed by atoms with van der Waals surface area (Å²) in [5.74, 6) is 0.935. The van der Waals surface area contributed by atoms with Crippen LogP contribution in [-0.4, -0.2) is 32.6 Å². The minimum absolute atomic E-state index is 0.132. The molecule has 0 unspecified atom stereocenters. The van der Waals surface area contributed by atoms with E-state index >= 15 is 0 Å². The van der Waals surface area contributed by atoms with E-state index in [9.17, 15) is 14.9 Å². The zero-order valence-corrected chi connectivity index (χ0v) is 14.5. The predicted molar refractivity (Wildman–Crippen MR) is 92.8 cm³/mol. The van der Waals surface area contributed by atoms with E-state index in [0.717, 1.165) is 18.7 Å². The van der Waals surface area contributed by atoms with Gasteiger partial charge >= 0.3 is 0 Å². The maximum absolute atomic E-state index is 11.7. The minimum atomic E-state index is -0.495. The molecule has 9 heteroatoms. The molecule has 0 aliphatic heterocycles. The van der Waals surface area contributed by atoms with Crippen LogP contribution in [0.15, 0.2) is 40.9 Å². The number of nitro benzene ring substituents is 1. The fraction of sp³-hybridized carbons (Fsp3) is 0.312. The lowest BCUT2D eigenvalue weighted by Gasteiger charge is -2.08. The van der Waals surface area contributed by atoms with Gasteiger partial charge < -0.3 is 9.88 Å². The predicted octanol–water partition coefficient (Wildman–Crippen LogP) is 2.76. The molecule has 130 valence electrons. The van der Waals surface area contributed by atoms with Crippen LogP contribution in [0.5, 0.6) is 0 Å². The van der Waals surface area contributed by atoms with Gasteiger partial charge in [-0.15, -0.1) is 16.8 Å². The van der Waals surface area contributed by atoms with E-state index < -0.39 is 4.92 Å². The highest BCUT2D eigenvalue weighted by Gasteiger charge is 2.30. The highest BCUT2D eigenvalue weighted by molar-refractivity contribution is 7.99. The quantitative estimate of drug-likeness (QED) is 0.463. The average molecular weight is 359 g/mol. The van der Waals surface area contributed by atoms with Crippen molar-refractivity contribution in [2.45, 2.75) is 35.4 Å². The molecule has 2 aromatic rings. The van der Waals surface area contributed by atoms with Crippen molar-refractivity contribution in [3.05, 3.63) is 52.4 Å². The molecule has 8 nitrogen and oxygen atoms in total. The molecule has 1 N–H and O–H groups in total. The van der Waals surface area contributed by atoms with Gasteiger partial charge in [-0.25, -0.2) is 0 Å². The molecule has 1 fully saturated rings. The third kappa shape index (κ3) is 3.55. The molecule has 1 amide bonds. The Morgan fingerprint density at radius 3 is 2.88 bits per heavy atom. The first-order chi connectivity index (χ1) is 12.0. The van der Waals surface area contributed by atoms with Crippen molar-refractivity contribution >= 4 is 23.4 Å². The van der Waals surface area contributed by atoms with Crippen LogP contribution in [-0.2, 0) is 6.54 Å². The number of carbonyl (C=O) groups is 1. The molecular weight excluding hydrogens is 342 g/mol. The molecule has 1 aromatic heterocycles. The zero-order valence-electron chi connectivity index (χ0n) is 13.6. The summed E-state index contributed by atoms with van der Waals surface area (Å²) in [5, 5.41) is 22.9. The van der Waals surface area contributed by atoms with Crippen molar-refractivity contribution in [1.82, 2.24) is 20.1 Å². The summed E-state index contributed by atoms with van der Waals surface area (Å²) >= 11 is 1.17. The standard InChI is InChI=1S/C16H17N5O3S/c1-3-8-20-14(10-4-5-10)18-19-16(20)25-13-7-6-11(15(22)17-2)9-12(13)21(23)24/h3,6-7,9-10H,1,4-5,8H2,2H3,(H,17,22). The largest absolute Gasteiger partial charge is 0.355 e.